The second kappa shape index (κ2) is 4.68. The minimum Gasteiger partial charge on any atom is -0.495 e. The minimum atomic E-state index is -0.396. The van der Waals surface area contributed by atoms with Gasteiger partial charge in [-0.15, -0.1) is 0 Å². The maximum atomic E-state index is 11.8. The number of carbonyl (C=O) groups excluding carboxylic acids is 2. The van der Waals surface area contributed by atoms with Crippen molar-refractivity contribution in [3.63, 3.8) is 0 Å². The Morgan fingerprint density at radius 3 is 2.50 bits per heavy atom. The molecule has 0 aromatic heterocycles. The second-order valence-corrected chi connectivity index (χ2v) is 4.36. The van der Waals surface area contributed by atoms with Crippen LogP contribution in [-0.2, 0) is 4.79 Å². The van der Waals surface area contributed by atoms with Gasteiger partial charge in [0.15, 0.2) is 0 Å². The van der Waals surface area contributed by atoms with Crippen LogP contribution in [0.15, 0.2) is 12.1 Å². The van der Waals surface area contributed by atoms with Gasteiger partial charge in [-0.05, 0) is 37.1 Å². The molecule has 1 aromatic carbocycles. The van der Waals surface area contributed by atoms with E-state index in [0.717, 1.165) is 11.1 Å². The number of hydrogen-bond donors (Lipinski definition) is 1. The normalized spacial score (nSPS) is 15.6. The summed E-state index contributed by atoms with van der Waals surface area (Å²) in [4.78, 5) is 24.5. The molecule has 1 aliphatic heterocycles. The maximum absolute atomic E-state index is 11.8. The van der Waals surface area contributed by atoms with Gasteiger partial charge in [0.05, 0.1) is 12.8 Å². The fourth-order valence-electron chi connectivity index (χ4n) is 1.94. The van der Waals surface area contributed by atoms with Crippen LogP contribution in [0.4, 0.5) is 10.5 Å². The van der Waals surface area contributed by atoms with Gasteiger partial charge in [0, 0.05) is 13.0 Å². The zero-order valence-corrected chi connectivity index (χ0v) is 10.7. The smallest absolute Gasteiger partial charge is 0.328 e. The Morgan fingerprint density at radius 1 is 1.22 bits per heavy atom. The first-order valence-electron chi connectivity index (χ1n) is 5.79. The fourth-order valence-corrected chi connectivity index (χ4v) is 1.94. The largest absolute Gasteiger partial charge is 0.495 e. The summed E-state index contributed by atoms with van der Waals surface area (Å²) >= 11 is 0. The van der Waals surface area contributed by atoms with Crippen LogP contribution in [0.5, 0.6) is 5.75 Å². The number of nitrogens with zero attached hydrogens (tertiary/aromatic N) is 1. The third-order valence-electron chi connectivity index (χ3n) is 3.14. The molecule has 0 aliphatic carbocycles. The number of amides is 3. The lowest BCUT2D eigenvalue weighted by Gasteiger charge is -2.28. The molecule has 3 amide bonds. The molecule has 0 spiro atoms. The van der Waals surface area contributed by atoms with E-state index in [1.54, 1.807) is 7.11 Å². The number of imide groups is 1. The molecule has 1 fully saturated rings. The van der Waals surface area contributed by atoms with Gasteiger partial charge in [0.25, 0.3) is 0 Å². The Morgan fingerprint density at radius 2 is 1.89 bits per heavy atom. The highest BCUT2D eigenvalue weighted by atomic mass is 16.5. The van der Waals surface area contributed by atoms with Crippen LogP contribution in [-0.4, -0.2) is 25.6 Å². The van der Waals surface area contributed by atoms with Crippen molar-refractivity contribution >= 4 is 17.6 Å². The van der Waals surface area contributed by atoms with Crippen LogP contribution in [0.2, 0.25) is 0 Å². The number of anilines is 1. The predicted octanol–water partition coefficient (Wildman–Crippen LogP) is 1.76. The first kappa shape index (κ1) is 12.4. The average molecular weight is 248 g/mol. The Hall–Kier alpha value is -2.04. The average Bonchev–Trinajstić information content (AvgIpc) is 2.32. The molecule has 96 valence electrons. The highest BCUT2D eigenvalue weighted by Gasteiger charge is 2.26. The van der Waals surface area contributed by atoms with E-state index in [9.17, 15) is 9.59 Å². The van der Waals surface area contributed by atoms with E-state index >= 15 is 0 Å². The van der Waals surface area contributed by atoms with E-state index in [-0.39, 0.29) is 5.91 Å². The van der Waals surface area contributed by atoms with Crippen LogP contribution in [0, 0.1) is 13.8 Å². The number of urea groups is 1. The zero-order chi connectivity index (χ0) is 13.3. The summed E-state index contributed by atoms with van der Waals surface area (Å²) in [5.74, 6) is 0.404. The molecule has 1 aliphatic rings. The van der Waals surface area contributed by atoms with Crippen LogP contribution < -0.4 is 15.0 Å². The summed E-state index contributed by atoms with van der Waals surface area (Å²) in [6.07, 6.45) is 0.307. The molecular formula is C13H16N2O3. The van der Waals surface area contributed by atoms with Crippen molar-refractivity contribution in [3.05, 3.63) is 23.3 Å². The number of ether oxygens (including phenoxy) is 1. The molecule has 1 saturated heterocycles. The number of hydrogen-bond acceptors (Lipinski definition) is 3. The third kappa shape index (κ3) is 2.16. The maximum Gasteiger partial charge on any atom is 0.328 e. The van der Waals surface area contributed by atoms with Crippen LogP contribution in [0.3, 0.4) is 0 Å². The fraction of sp³-hybridized carbons (Fsp3) is 0.385. The summed E-state index contributed by atoms with van der Waals surface area (Å²) < 4.78 is 5.30. The van der Waals surface area contributed by atoms with Crippen molar-refractivity contribution in [1.82, 2.24) is 5.32 Å². The van der Waals surface area contributed by atoms with Gasteiger partial charge >= 0.3 is 6.03 Å². The van der Waals surface area contributed by atoms with Crippen molar-refractivity contribution in [2.45, 2.75) is 20.3 Å². The topological polar surface area (TPSA) is 58.6 Å². The van der Waals surface area contributed by atoms with Gasteiger partial charge in [-0.1, -0.05) is 0 Å². The van der Waals surface area contributed by atoms with E-state index in [1.165, 1.54) is 4.90 Å². The lowest BCUT2D eigenvalue weighted by Crippen LogP contribution is -2.49. The summed E-state index contributed by atoms with van der Waals surface area (Å²) in [6.45, 7) is 4.34. The van der Waals surface area contributed by atoms with Crippen molar-refractivity contribution in [1.29, 1.82) is 0 Å². The Kier molecular flexibility index (Phi) is 3.23. The van der Waals surface area contributed by atoms with Crippen LogP contribution in [0.1, 0.15) is 17.5 Å². The Bertz CT molecular complexity index is 511. The molecule has 0 radical (unpaired) electrons. The number of rotatable bonds is 2. The van der Waals surface area contributed by atoms with Crippen molar-refractivity contribution in [3.8, 4) is 5.75 Å². The summed E-state index contributed by atoms with van der Waals surface area (Å²) in [5.41, 5.74) is 2.88. The van der Waals surface area contributed by atoms with E-state index in [4.69, 9.17) is 4.74 Å². The number of nitrogens with one attached hydrogen (secondary N) is 1. The van der Waals surface area contributed by atoms with Crippen molar-refractivity contribution < 1.29 is 14.3 Å². The number of methoxy groups -OCH3 is 1. The second-order valence-electron chi connectivity index (χ2n) is 4.36. The molecule has 2 rings (SSSR count). The lowest BCUT2D eigenvalue weighted by atomic mass is 10.1. The van der Waals surface area contributed by atoms with E-state index in [1.807, 2.05) is 26.0 Å². The number of aryl methyl sites for hydroxylation is 2. The zero-order valence-electron chi connectivity index (χ0n) is 10.7. The summed E-state index contributed by atoms with van der Waals surface area (Å²) in [6, 6.07) is 3.41. The number of carbonyl (C=O) groups is 2. The molecule has 1 N–H and O–H groups in total. The first-order chi connectivity index (χ1) is 8.52. The molecular weight excluding hydrogens is 232 g/mol. The van der Waals surface area contributed by atoms with E-state index in [0.29, 0.717) is 24.4 Å². The standard InChI is InChI=1S/C13H16N2O3/c1-8-6-10(11(18-3)7-9(8)2)15-5-4-12(16)14-13(15)17/h6-7H,4-5H2,1-3H3,(H,14,16,17). The molecule has 1 heterocycles. The first-order valence-corrected chi connectivity index (χ1v) is 5.79. The molecule has 18 heavy (non-hydrogen) atoms. The van der Waals surface area contributed by atoms with Gasteiger partial charge in [-0.3, -0.25) is 15.0 Å². The van der Waals surface area contributed by atoms with Crippen molar-refractivity contribution in [2.24, 2.45) is 0 Å². The SMILES string of the molecule is COc1cc(C)c(C)cc1N1CCC(=O)NC1=O. The Balaban J connectivity index is 2.41. The minimum absolute atomic E-state index is 0.237. The highest BCUT2D eigenvalue weighted by molar-refractivity contribution is 6.06. The molecule has 0 saturated carbocycles. The van der Waals surface area contributed by atoms with Gasteiger partial charge in [0.2, 0.25) is 5.91 Å². The number of benzene rings is 1. The van der Waals surface area contributed by atoms with Crippen molar-refractivity contribution in [2.75, 3.05) is 18.6 Å². The third-order valence-corrected chi connectivity index (χ3v) is 3.14. The predicted molar refractivity (Wildman–Crippen MR) is 68.0 cm³/mol. The van der Waals surface area contributed by atoms with Gasteiger partial charge in [-0.25, -0.2) is 4.79 Å². The van der Waals surface area contributed by atoms with Gasteiger partial charge in [-0.2, -0.15) is 0 Å². The molecule has 0 bridgehead atoms. The van der Waals surface area contributed by atoms with Gasteiger partial charge in [0.1, 0.15) is 5.75 Å². The lowest BCUT2D eigenvalue weighted by molar-refractivity contribution is -0.120. The molecule has 1 aromatic rings. The van der Waals surface area contributed by atoms with Crippen LogP contribution >= 0.6 is 0 Å². The summed E-state index contributed by atoms with van der Waals surface area (Å²) in [5, 5.41) is 2.31. The monoisotopic (exact) mass is 248 g/mol. The highest BCUT2D eigenvalue weighted by Crippen LogP contribution is 2.32. The van der Waals surface area contributed by atoms with Gasteiger partial charge < -0.3 is 4.74 Å². The Labute approximate surface area is 106 Å². The van der Waals surface area contributed by atoms with Crippen LogP contribution in [0.25, 0.3) is 0 Å². The molecule has 0 unspecified atom stereocenters. The molecule has 0 atom stereocenters. The van der Waals surface area contributed by atoms with E-state index < -0.39 is 6.03 Å². The van der Waals surface area contributed by atoms with E-state index in [2.05, 4.69) is 5.32 Å². The summed E-state index contributed by atoms with van der Waals surface area (Å²) in [7, 11) is 1.57. The molecule has 5 nitrogen and oxygen atoms in total. The molecule has 5 heteroatoms. The quantitative estimate of drug-likeness (QED) is 0.867.